The molecule has 0 aromatic heterocycles. The van der Waals surface area contributed by atoms with Crippen LogP contribution in [-0.2, 0) is 25.0 Å². The number of nitrogens with zero attached hydrogens (tertiary/aromatic N) is 5. The molecule has 15 nitrogen and oxygen atoms in total. The number of phenolic OH excluding ortho intramolecular Hbond substituents is 1. The zero-order valence-corrected chi connectivity index (χ0v) is 25.0. The van der Waals surface area contributed by atoms with E-state index in [0.717, 1.165) is 30.0 Å². The third-order valence-electron chi connectivity index (χ3n) is 6.64. The summed E-state index contributed by atoms with van der Waals surface area (Å²) in [6, 6.07) is 16.9. The molecule has 0 aliphatic rings. The summed E-state index contributed by atoms with van der Waals surface area (Å²) >= 11 is 0. The quantitative estimate of drug-likeness (QED) is 0.0278. The van der Waals surface area contributed by atoms with Crippen molar-refractivity contribution in [1.29, 1.82) is 0 Å². The van der Waals surface area contributed by atoms with Gasteiger partial charge in [0, 0.05) is 29.0 Å². The molecule has 0 bridgehead atoms. The molecule has 0 atom stereocenters. The minimum Gasteiger partial charge on any atom is -0.505 e. The molecule has 45 heavy (non-hydrogen) atoms. The molecule has 0 radical (unpaired) electrons. The molecule has 4 aromatic rings. The number of azo groups is 1. The highest BCUT2D eigenvalue weighted by molar-refractivity contribution is 7.87. The van der Waals surface area contributed by atoms with Crippen molar-refractivity contribution in [3.05, 3.63) is 77.2 Å². The average Bonchev–Trinajstić information content (AvgIpc) is 2.98. The van der Waals surface area contributed by atoms with E-state index in [9.17, 15) is 35.8 Å². The Labute approximate surface area is 257 Å². The molecule has 1 amide bonds. The van der Waals surface area contributed by atoms with Crippen LogP contribution < -0.4 is 11.1 Å². The van der Waals surface area contributed by atoms with Crippen LogP contribution in [0.3, 0.4) is 0 Å². The van der Waals surface area contributed by atoms with Gasteiger partial charge in [-0.15, -0.1) is 5.11 Å². The highest BCUT2D eigenvalue weighted by Gasteiger charge is 2.26. The van der Waals surface area contributed by atoms with Gasteiger partial charge in [-0.1, -0.05) is 41.9 Å². The fourth-order valence-electron chi connectivity index (χ4n) is 4.45. The maximum absolute atomic E-state index is 12.2. The highest BCUT2D eigenvalue weighted by Crippen LogP contribution is 2.43. The first-order chi connectivity index (χ1) is 21.3. The van der Waals surface area contributed by atoms with E-state index in [4.69, 9.17) is 11.3 Å². The maximum Gasteiger partial charge on any atom is 0.296 e. The molecule has 0 fully saturated rings. The van der Waals surface area contributed by atoms with E-state index in [0.29, 0.717) is 36.8 Å². The van der Waals surface area contributed by atoms with Crippen LogP contribution in [0.4, 0.5) is 22.7 Å². The number of aromatic hydroxyl groups is 1. The number of amides is 1. The summed E-state index contributed by atoms with van der Waals surface area (Å²) in [5.41, 5.74) is 16.0. The number of hydrogen-bond acceptors (Lipinski definition) is 10. The van der Waals surface area contributed by atoms with Crippen molar-refractivity contribution < 1.29 is 35.8 Å². The van der Waals surface area contributed by atoms with E-state index in [1.165, 1.54) is 6.07 Å². The average molecular weight is 654 g/mol. The number of phenols is 1. The van der Waals surface area contributed by atoms with Gasteiger partial charge < -0.3 is 16.2 Å². The fraction of sp³-hybridized carbons (Fsp3) is 0.179. The Hall–Kier alpha value is -5.06. The summed E-state index contributed by atoms with van der Waals surface area (Å²) in [7, 11) is -10.0. The molecule has 0 unspecified atom stereocenters. The lowest BCUT2D eigenvalue weighted by Crippen LogP contribution is -2.10. The third-order valence-corrected chi connectivity index (χ3v) is 8.43. The van der Waals surface area contributed by atoms with E-state index >= 15 is 0 Å². The van der Waals surface area contributed by atoms with Crippen LogP contribution in [-0.4, -0.2) is 43.5 Å². The van der Waals surface area contributed by atoms with Crippen LogP contribution in [0.25, 0.3) is 32.3 Å². The number of azide groups is 1. The minimum atomic E-state index is -5.03. The van der Waals surface area contributed by atoms with E-state index in [1.807, 2.05) is 12.1 Å². The second-order valence-corrected chi connectivity index (χ2v) is 12.5. The van der Waals surface area contributed by atoms with Crippen LogP contribution in [0.2, 0.25) is 0 Å². The molecular formula is C28H27N7O8S2. The van der Waals surface area contributed by atoms with Gasteiger partial charge in [-0.25, -0.2) is 0 Å². The topological polar surface area (TPSA) is 258 Å². The van der Waals surface area contributed by atoms with Gasteiger partial charge in [-0.3, -0.25) is 13.9 Å². The van der Waals surface area contributed by atoms with Gasteiger partial charge in [0.2, 0.25) is 5.91 Å². The molecule has 0 aliphatic carbocycles. The second-order valence-electron chi connectivity index (χ2n) is 9.73. The molecule has 4 aromatic carbocycles. The van der Waals surface area contributed by atoms with Crippen molar-refractivity contribution in [2.75, 3.05) is 17.6 Å². The molecule has 0 aliphatic heterocycles. The Balaban J connectivity index is 1.49. The summed E-state index contributed by atoms with van der Waals surface area (Å²) < 4.78 is 66.5. The number of rotatable bonds is 12. The largest absolute Gasteiger partial charge is 0.505 e. The Morgan fingerprint density at radius 1 is 0.844 bits per heavy atom. The van der Waals surface area contributed by atoms with Gasteiger partial charge in [0.25, 0.3) is 20.2 Å². The van der Waals surface area contributed by atoms with Gasteiger partial charge in [-0.05, 0) is 65.9 Å². The Kier molecular flexibility index (Phi) is 10.0. The Bertz CT molecular complexity index is 2040. The Morgan fingerprint density at radius 3 is 2.07 bits per heavy atom. The van der Waals surface area contributed by atoms with Crippen molar-refractivity contribution in [3.8, 4) is 16.9 Å². The van der Waals surface area contributed by atoms with E-state index in [1.54, 1.807) is 36.4 Å². The first kappa shape index (κ1) is 32.8. The fourth-order valence-corrected chi connectivity index (χ4v) is 5.89. The zero-order chi connectivity index (χ0) is 32.8. The predicted octanol–water partition coefficient (Wildman–Crippen LogP) is 6.51. The summed E-state index contributed by atoms with van der Waals surface area (Å²) in [5.74, 6) is -0.836. The number of carbonyl (C=O) groups is 1. The first-order valence-electron chi connectivity index (χ1n) is 13.3. The zero-order valence-electron chi connectivity index (χ0n) is 23.4. The maximum atomic E-state index is 12.2. The third kappa shape index (κ3) is 8.11. The predicted molar refractivity (Wildman–Crippen MR) is 167 cm³/mol. The van der Waals surface area contributed by atoms with Crippen molar-refractivity contribution in [3.63, 3.8) is 0 Å². The smallest absolute Gasteiger partial charge is 0.296 e. The van der Waals surface area contributed by atoms with Gasteiger partial charge >= 0.3 is 0 Å². The van der Waals surface area contributed by atoms with Crippen LogP contribution in [0, 0.1) is 0 Å². The number of nitrogens with one attached hydrogen (secondary N) is 1. The van der Waals surface area contributed by atoms with Gasteiger partial charge in [-0.2, -0.15) is 21.9 Å². The number of anilines is 2. The molecule has 234 valence electrons. The van der Waals surface area contributed by atoms with Gasteiger partial charge in [0.1, 0.15) is 15.5 Å². The monoisotopic (exact) mass is 653 g/mol. The van der Waals surface area contributed by atoms with Crippen molar-refractivity contribution >= 4 is 59.7 Å². The van der Waals surface area contributed by atoms with Gasteiger partial charge in [0.15, 0.2) is 5.75 Å². The first-order valence-corrected chi connectivity index (χ1v) is 16.1. The minimum absolute atomic E-state index is 0.112. The molecule has 0 heterocycles. The lowest BCUT2D eigenvalue weighted by molar-refractivity contribution is -0.116. The summed E-state index contributed by atoms with van der Waals surface area (Å²) in [5, 5.41) is 24.4. The lowest BCUT2D eigenvalue weighted by Gasteiger charge is -2.13. The standard InChI is InChI=1S/C28H27N7O8S2/c29-27-24(45(41,42)43)16-23(44(38,39)40)21-13-14-22(28(37)26(21)27)34-33-20-11-7-18(8-12-20)17-5-9-19(10-6-17)32-25(36)4-2-1-3-15-31-35-30/h5-14,16,37H,1-4,15,29H2,(H,32,36)(H,38,39,40)(H,41,42,43). The molecule has 17 heteroatoms. The molecule has 0 spiro atoms. The number of unbranched alkanes of at least 4 members (excludes halogenated alkanes) is 2. The number of fused-ring (bicyclic) bond motifs is 1. The van der Waals surface area contributed by atoms with Crippen LogP contribution in [0.1, 0.15) is 25.7 Å². The number of nitrogens with two attached hydrogens (primary N) is 1. The number of hydrogen-bond donors (Lipinski definition) is 5. The van der Waals surface area contributed by atoms with Gasteiger partial charge in [0.05, 0.1) is 16.8 Å². The molecular weight excluding hydrogens is 626 g/mol. The van der Waals surface area contributed by atoms with Crippen molar-refractivity contribution in [2.24, 2.45) is 15.3 Å². The number of carbonyl (C=O) groups excluding carboxylic acids is 1. The van der Waals surface area contributed by atoms with Crippen LogP contribution in [0.5, 0.6) is 5.75 Å². The molecule has 0 saturated heterocycles. The normalized spacial score (nSPS) is 11.9. The van der Waals surface area contributed by atoms with E-state index in [2.05, 4.69) is 25.6 Å². The number of benzene rings is 4. The summed E-state index contributed by atoms with van der Waals surface area (Å²) in [6.45, 7) is 0.415. The van der Waals surface area contributed by atoms with E-state index < -0.39 is 46.9 Å². The van der Waals surface area contributed by atoms with Crippen molar-refractivity contribution in [1.82, 2.24) is 0 Å². The summed E-state index contributed by atoms with van der Waals surface area (Å²) in [6.07, 6.45) is 2.56. The highest BCUT2D eigenvalue weighted by atomic mass is 32.2. The van der Waals surface area contributed by atoms with Crippen LogP contribution in [0.15, 0.2) is 91.9 Å². The molecule has 4 rings (SSSR count). The molecule has 6 N–H and O–H groups in total. The van der Waals surface area contributed by atoms with E-state index in [-0.39, 0.29) is 17.0 Å². The Morgan fingerprint density at radius 2 is 1.47 bits per heavy atom. The lowest BCUT2D eigenvalue weighted by atomic mass is 10.0. The molecule has 0 saturated carbocycles. The van der Waals surface area contributed by atoms with Crippen molar-refractivity contribution in [2.45, 2.75) is 35.5 Å². The second kappa shape index (κ2) is 13.7. The SMILES string of the molecule is [N-]=[N+]=NCCCCCC(=O)Nc1ccc(-c2ccc(N=Nc3ccc4c(S(=O)(=O)O)cc(S(=O)(=O)O)c(N)c4c3O)cc2)cc1. The number of nitrogen functional groups attached to an aromatic ring is 1. The summed E-state index contributed by atoms with van der Waals surface area (Å²) in [4.78, 5) is 12.9. The van der Waals surface area contributed by atoms with Crippen LogP contribution >= 0.6 is 0 Å².